The van der Waals surface area contributed by atoms with Crippen LogP contribution in [-0.2, 0) is 10.2 Å². The number of methoxy groups -OCH3 is 2. The summed E-state index contributed by atoms with van der Waals surface area (Å²) in [6.07, 6.45) is 4.42. The van der Waals surface area contributed by atoms with Gasteiger partial charge in [0.05, 0.1) is 20.3 Å². The van der Waals surface area contributed by atoms with Gasteiger partial charge < -0.3 is 19.7 Å². The maximum absolute atomic E-state index is 13.6. The Bertz CT molecular complexity index is 1060. The zero-order valence-corrected chi connectivity index (χ0v) is 22.9. The number of amides is 2. The van der Waals surface area contributed by atoms with Crippen molar-refractivity contribution >= 4 is 17.5 Å². The molecule has 4 rings (SSSR count). The van der Waals surface area contributed by atoms with E-state index in [1.807, 2.05) is 29.2 Å². The van der Waals surface area contributed by atoms with Crippen molar-refractivity contribution in [2.24, 2.45) is 5.92 Å². The van der Waals surface area contributed by atoms with Gasteiger partial charge in [0, 0.05) is 55.6 Å². The molecule has 1 N–H and O–H groups in total. The van der Waals surface area contributed by atoms with E-state index in [2.05, 4.69) is 43.1 Å². The minimum atomic E-state index is -0.219. The van der Waals surface area contributed by atoms with Crippen LogP contribution in [0, 0.1) is 5.92 Å². The Labute approximate surface area is 221 Å². The summed E-state index contributed by atoms with van der Waals surface area (Å²) < 4.78 is 10.7. The number of anilines is 1. The fraction of sp³-hybridized carbons (Fsp3) is 0.533. The second kappa shape index (κ2) is 11.5. The molecule has 1 atom stereocenters. The van der Waals surface area contributed by atoms with Crippen LogP contribution in [0.1, 0.15) is 62.4 Å². The summed E-state index contributed by atoms with van der Waals surface area (Å²) in [4.78, 5) is 31.0. The van der Waals surface area contributed by atoms with Crippen LogP contribution in [-0.4, -0.2) is 68.1 Å². The number of benzene rings is 2. The lowest BCUT2D eigenvalue weighted by atomic mass is 9.86. The van der Waals surface area contributed by atoms with Crippen LogP contribution in [0.25, 0.3) is 0 Å². The van der Waals surface area contributed by atoms with Gasteiger partial charge in [-0.3, -0.25) is 14.5 Å². The minimum Gasteiger partial charge on any atom is -0.497 e. The largest absolute Gasteiger partial charge is 0.497 e. The van der Waals surface area contributed by atoms with Gasteiger partial charge in [0.2, 0.25) is 5.91 Å². The van der Waals surface area contributed by atoms with E-state index < -0.39 is 0 Å². The van der Waals surface area contributed by atoms with Crippen molar-refractivity contribution in [1.29, 1.82) is 0 Å². The molecule has 0 radical (unpaired) electrons. The second-order valence-electron chi connectivity index (χ2n) is 11.2. The molecule has 7 heteroatoms. The molecule has 0 aromatic heterocycles. The molecule has 0 spiro atoms. The van der Waals surface area contributed by atoms with Crippen molar-refractivity contribution in [2.45, 2.75) is 57.9 Å². The van der Waals surface area contributed by atoms with Gasteiger partial charge in [-0.15, -0.1) is 0 Å². The molecule has 2 aliphatic rings. The van der Waals surface area contributed by atoms with Crippen LogP contribution in [0.5, 0.6) is 11.5 Å². The zero-order chi connectivity index (χ0) is 26.6. The number of carbonyl (C=O) groups excluding carboxylic acids is 2. The van der Waals surface area contributed by atoms with Gasteiger partial charge in [-0.05, 0) is 41.9 Å². The Morgan fingerprint density at radius 1 is 0.892 bits per heavy atom. The van der Waals surface area contributed by atoms with Crippen molar-refractivity contribution in [3.8, 4) is 11.5 Å². The number of rotatable bonds is 7. The number of nitrogens with one attached hydrogen (secondary N) is 1. The van der Waals surface area contributed by atoms with Crippen LogP contribution in [0.4, 0.5) is 5.69 Å². The highest BCUT2D eigenvalue weighted by molar-refractivity contribution is 5.96. The molecule has 1 aliphatic heterocycles. The molecule has 1 saturated carbocycles. The van der Waals surface area contributed by atoms with Crippen molar-refractivity contribution in [2.75, 3.05) is 45.7 Å². The Balaban J connectivity index is 1.43. The summed E-state index contributed by atoms with van der Waals surface area (Å²) in [7, 11) is 3.20. The first kappa shape index (κ1) is 27.0. The van der Waals surface area contributed by atoms with E-state index in [0.29, 0.717) is 49.3 Å². The van der Waals surface area contributed by atoms with Gasteiger partial charge in [0.25, 0.3) is 5.91 Å². The predicted molar refractivity (Wildman–Crippen MR) is 147 cm³/mol. The Morgan fingerprint density at radius 3 is 1.97 bits per heavy atom. The van der Waals surface area contributed by atoms with Gasteiger partial charge in [-0.2, -0.15) is 0 Å². The lowest BCUT2D eigenvalue weighted by molar-refractivity contribution is -0.123. The highest BCUT2D eigenvalue weighted by Crippen LogP contribution is 2.33. The molecule has 2 amide bonds. The molecule has 1 heterocycles. The van der Waals surface area contributed by atoms with Gasteiger partial charge >= 0.3 is 0 Å². The summed E-state index contributed by atoms with van der Waals surface area (Å²) in [6.45, 7) is 9.11. The summed E-state index contributed by atoms with van der Waals surface area (Å²) in [6, 6.07) is 13.2. The van der Waals surface area contributed by atoms with Crippen LogP contribution in [0.2, 0.25) is 0 Å². The Kier molecular flexibility index (Phi) is 8.42. The quantitative estimate of drug-likeness (QED) is 0.574. The number of ether oxygens (including phenoxy) is 2. The van der Waals surface area contributed by atoms with Crippen molar-refractivity contribution in [1.82, 2.24) is 9.80 Å². The summed E-state index contributed by atoms with van der Waals surface area (Å²) in [5, 5.41) is 3.12. The van der Waals surface area contributed by atoms with E-state index in [-0.39, 0.29) is 23.3 Å². The molecule has 7 nitrogen and oxygen atoms in total. The summed E-state index contributed by atoms with van der Waals surface area (Å²) in [5.74, 6) is 1.65. The first-order chi connectivity index (χ1) is 17.7. The Hall–Kier alpha value is -3.06. The van der Waals surface area contributed by atoms with Crippen LogP contribution < -0.4 is 14.8 Å². The predicted octanol–water partition coefficient (Wildman–Crippen LogP) is 4.96. The fourth-order valence-electron chi connectivity index (χ4n) is 5.55. The lowest BCUT2D eigenvalue weighted by Crippen LogP contribution is -2.56. The smallest absolute Gasteiger partial charge is 0.253 e. The third kappa shape index (κ3) is 6.45. The first-order valence-corrected chi connectivity index (χ1v) is 13.4. The molecule has 2 fully saturated rings. The third-order valence-corrected chi connectivity index (χ3v) is 7.73. The van der Waals surface area contributed by atoms with Crippen LogP contribution in [0.3, 0.4) is 0 Å². The fourth-order valence-corrected chi connectivity index (χ4v) is 5.55. The average molecular weight is 508 g/mol. The second-order valence-corrected chi connectivity index (χ2v) is 11.2. The molecule has 1 saturated heterocycles. The Morgan fingerprint density at radius 2 is 1.46 bits per heavy atom. The van der Waals surface area contributed by atoms with Gasteiger partial charge in [0.15, 0.2) is 0 Å². The number of hydrogen-bond acceptors (Lipinski definition) is 5. The average Bonchev–Trinajstić information content (AvgIpc) is 3.42. The van der Waals surface area contributed by atoms with Crippen molar-refractivity contribution < 1.29 is 19.1 Å². The minimum absolute atomic E-state index is 0.000230. The number of hydrogen-bond donors (Lipinski definition) is 1. The van der Waals surface area contributed by atoms with E-state index in [1.54, 1.807) is 20.3 Å². The number of nitrogens with zero attached hydrogens (tertiary/aromatic N) is 2. The highest BCUT2D eigenvalue weighted by Gasteiger charge is 2.37. The summed E-state index contributed by atoms with van der Waals surface area (Å²) >= 11 is 0. The third-order valence-electron chi connectivity index (χ3n) is 7.73. The van der Waals surface area contributed by atoms with Crippen molar-refractivity contribution in [3.63, 3.8) is 0 Å². The SMILES string of the molecule is COc1cc(NC(=O)C(C2CCCC2)N2CCN(C(=O)c3ccc(C(C)(C)C)cc3)CC2)cc(OC)c1. The van der Waals surface area contributed by atoms with Gasteiger partial charge in [-0.1, -0.05) is 45.7 Å². The first-order valence-electron chi connectivity index (χ1n) is 13.4. The normalized spacial score (nSPS) is 17.9. The standard InChI is InChI=1S/C30H41N3O4/c1-30(2,3)23-12-10-22(11-13-23)29(35)33-16-14-32(15-17-33)27(21-8-6-7-9-21)28(34)31-24-18-25(36-4)20-26(19-24)37-5/h10-13,18-21,27H,6-9,14-17H2,1-5H3,(H,31,34). The highest BCUT2D eigenvalue weighted by atomic mass is 16.5. The number of piperazine rings is 1. The molecule has 37 heavy (non-hydrogen) atoms. The maximum atomic E-state index is 13.6. The molecular weight excluding hydrogens is 466 g/mol. The summed E-state index contributed by atoms with van der Waals surface area (Å²) in [5.41, 5.74) is 2.65. The molecular formula is C30H41N3O4. The maximum Gasteiger partial charge on any atom is 0.253 e. The van der Waals surface area contributed by atoms with Crippen molar-refractivity contribution in [3.05, 3.63) is 53.6 Å². The zero-order valence-electron chi connectivity index (χ0n) is 22.9. The van der Waals surface area contributed by atoms with Gasteiger partial charge in [0.1, 0.15) is 11.5 Å². The van der Waals surface area contributed by atoms with E-state index >= 15 is 0 Å². The molecule has 200 valence electrons. The molecule has 1 aliphatic carbocycles. The number of carbonyl (C=O) groups is 2. The van der Waals surface area contributed by atoms with Crippen LogP contribution >= 0.6 is 0 Å². The van der Waals surface area contributed by atoms with Crippen LogP contribution in [0.15, 0.2) is 42.5 Å². The van der Waals surface area contributed by atoms with E-state index in [4.69, 9.17) is 9.47 Å². The van der Waals surface area contributed by atoms with E-state index in [0.717, 1.165) is 31.2 Å². The molecule has 0 bridgehead atoms. The molecule has 2 aromatic carbocycles. The monoisotopic (exact) mass is 507 g/mol. The topological polar surface area (TPSA) is 71.1 Å². The molecule has 1 unspecified atom stereocenters. The molecule has 2 aromatic rings. The van der Waals surface area contributed by atoms with E-state index in [9.17, 15) is 9.59 Å². The van der Waals surface area contributed by atoms with E-state index in [1.165, 1.54) is 5.56 Å². The van der Waals surface area contributed by atoms with Gasteiger partial charge in [-0.25, -0.2) is 0 Å². The lowest BCUT2D eigenvalue weighted by Gasteiger charge is -2.40.